The number of carbonyl (C=O) groups excluding carboxylic acids is 1. The fourth-order valence-electron chi connectivity index (χ4n) is 2.44. The lowest BCUT2D eigenvalue weighted by atomic mass is 10.1. The number of amides is 1. The molecule has 0 atom stereocenters. The molecule has 0 aliphatic carbocycles. The SMILES string of the molecule is Cc1sc(C(=O)Nc2cccc(NS(C)(=O)=O)c2)cc1-c1ccccn1. The molecule has 2 heterocycles. The number of nitrogens with one attached hydrogen (secondary N) is 2. The molecule has 0 aliphatic heterocycles. The maximum Gasteiger partial charge on any atom is 0.265 e. The predicted octanol–water partition coefficient (Wildman–Crippen LogP) is 3.74. The minimum atomic E-state index is -3.38. The van der Waals surface area contributed by atoms with Crippen molar-refractivity contribution < 1.29 is 13.2 Å². The topological polar surface area (TPSA) is 88.2 Å². The average molecular weight is 387 g/mol. The number of anilines is 2. The number of benzene rings is 1. The van der Waals surface area contributed by atoms with Crippen LogP contribution in [0.1, 0.15) is 14.5 Å². The van der Waals surface area contributed by atoms with Gasteiger partial charge in [-0.05, 0) is 43.3 Å². The van der Waals surface area contributed by atoms with Crippen LogP contribution in [0.2, 0.25) is 0 Å². The van der Waals surface area contributed by atoms with Gasteiger partial charge < -0.3 is 5.32 Å². The predicted molar refractivity (Wildman–Crippen MR) is 105 cm³/mol. The molecule has 0 saturated carbocycles. The van der Waals surface area contributed by atoms with E-state index in [1.54, 1.807) is 30.5 Å². The summed E-state index contributed by atoms with van der Waals surface area (Å²) in [6.07, 6.45) is 2.79. The molecular formula is C18H17N3O3S2. The Kier molecular flexibility index (Phi) is 5.06. The summed E-state index contributed by atoms with van der Waals surface area (Å²) in [6.45, 7) is 1.95. The second-order valence-corrected chi connectivity index (χ2v) is 8.71. The Hall–Kier alpha value is -2.71. The first-order valence-corrected chi connectivity index (χ1v) is 10.4. The Labute approximate surface area is 156 Å². The molecule has 1 aromatic carbocycles. The molecule has 8 heteroatoms. The highest BCUT2D eigenvalue weighted by molar-refractivity contribution is 7.92. The van der Waals surface area contributed by atoms with E-state index in [0.29, 0.717) is 16.3 Å². The molecule has 0 unspecified atom stereocenters. The molecular weight excluding hydrogens is 370 g/mol. The van der Waals surface area contributed by atoms with E-state index >= 15 is 0 Å². The van der Waals surface area contributed by atoms with E-state index < -0.39 is 10.0 Å². The van der Waals surface area contributed by atoms with Crippen LogP contribution in [0.4, 0.5) is 11.4 Å². The Morgan fingerprint density at radius 3 is 2.54 bits per heavy atom. The first-order chi connectivity index (χ1) is 12.3. The van der Waals surface area contributed by atoms with Gasteiger partial charge in [-0.2, -0.15) is 0 Å². The zero-order chi connectivity index (χ0) is 18.7. The van der Waals surface area contributed by atoms with Crippen molar-refractivity contribution in [3.8, 4) is 11.3 Å². The summed E-state index contributed by atoms with van der Waals surface area (Å²) in [5.74, 6) is -0.253. The van der Waals surface area contributed by atoms with Gasteiger partial charge in [0.2, 0.25) is 10.0 Å². The van der Waals surface area contributed by atoms with Crippen molar-refractivity contribution >= 4 is 38.6 Å². The highest BCUT2D eigenvalue weighted by Gasteiger charge is 2.15. The maximum absolute atomic E-state index is 12.5. The Morgan fingerprint density at radius 2 is 1.85 bits per heavy atom. The summed E-state index contributed by atoms with van der Waals surface area (Å²) in [5.41, 5.74) is 2.64. The second kappa shape index (κ2) is 7.27. The van der Waals surface area contributed by atoms with Gasteiger partial charge in [-0.3, -0.25) is 14.5 Å². The molecule has 3 rings (SSSR count). The summed E-state index contributed by atoms with van der Waals surface area (Å²) >= 11 is 1.39. The molecule has 2 aromatic heterocycles. The Bertz CT molecular complexity index is 1040. The largest absolute Gasteiger partial charge is 0.321 e. The third kappa shape index (κ3) is 4.47. The minimum Gasteiger partial charge on any atom is -0.321 e. The summed E-state index contributed by atoms with van der Waals surface area (Å²) in [4.78, 5) is 18.4. The first-order valence-electron chi connectivity index (χ1n) is 7.73. The highest BCUT2D eigenvalue weighted by atomic mass is 32.2. The van der Waals surface area contributed by atoms with Crippen LogP contribution in [-0.2, 0) is 10.0 Å². The van der Waals surface area contributed by atoms with Gasteiger partial charge in [0.15, 0.2) is 0 Å². The van der Waals surface area contributed by atoms with Crippen LogP contribution in [0.5, 0.6) is 0 Å². The average Bonchev–Trinajstić information content (AvgIpc) is 2.96. The third-order valence-corrected chi connectivity index (χ3v) is 5.16. The van der Waals surface area contributed by atoms with E-state index in [1.165, 1.54) is 11.3 Å². The summed E-state index contributed by atoms with van der Waals surface area (Å²) < 4.78 is 25.0. The number of rotatable bonds is 5. The standard InChI is InChI=1S/C18H17N3O3S2/c1-12-15(16-8-3-4-9-19-16)11-17(25-12)18(22)20-13-6-5-7-14(10-13)21-26(2,23)24/h3-11,21H,1-2H3,(H,20,22). The van der Waals surface area contributed by atoms with Gasteiger partial charge in [-0.15, -0.1) is 11.3 Å². The normalized spacial score (nSPS) is 11.2. The number of sulfonamides is 1. The van der Waals surface area contributed by atoms with E-state index in [2.05, 4.69) is 15.0 Å². The van der Waals surface area contributed by atoms with Gasteiger partial charge >= 0.3 is 0 Å². The van der Waals surface area contributed by atoms with Crippen molar-refractivity contribution in [1.29, 1.82) is 0 Å². The zero-order valence-corrected chi connectivity index (χ0v) is 15.8. The fraction of sp³-hybridized carbons (Fsp3) is 0.111. The van der Waals surface area contributed by atoms with Crippen molar-refractivity contribution in [2.45, 2.75) is 6.92 Å². The molecule has 26 heavy (non-hydrogen) atoms. The molecule has 3 aromatic rings. The molecule has 0 spiro atoms. The van der Waals surface area contributed by atoms with Crippen molar-refractivity contribution in [2.24, 2.45) is 0 Å². The number of hydrogen-bond acceptors (Lipinski definition) is 5. The molecule has 1 amide bonds. The molecule has 0 saturated heterocycles. The number of pyridine rings is 1. The number of aromatic nitrogens is 1. The van der Waals surface area contributed by atoms with Crippen molar-refractivity contribution in [2.75, 3.05) is 16.3 Å². The van der Waals surface area contributed by atoms with E-state index in [1.807, 2.05) is 31.2 Å². The van der Waals surface area contributed by atoms with Crippen LogP contribution in [0.3, 0.4) is 0 Å². The maximum atomic E-state index is 12.5. The van der Waals surface area contributed by atoms with Crippen molar-refractivity contribution in [1.82, 2.24) is 4.98 Å². The lowest BCUT2D eigenvalue weighted by Gasteiger charge is -2.07. The lowest BCUT2D eigenvalue weighted by molar-refractivity contribution is 0.103. The van der Waals surface area contributed by atoms with Crippen LogP contribution >= 0.6 is 11.3 Å². The molecule has 0 aliphatic rings. The van der Waals surface area contributed by atoms with Gasteiger partial charge in [0.05, 0.1) is 22.5 Å². The Balaban J connectivity index is 1.80. The number of aryl methyl sites for hydroxylation is 1. The van der Waals surface area contributed by atoms with Crippen LogP contribution in [0, 0.1) is 6.92 Å². The molecule has 6 nitrogen and oxygen atoms in total. The van der Waals surface area contributed by atoms with E-state index in [-0.39, 0.29) is 5.91 Å². The molecule has 134 valence electrons. The third-order valence-electron chi connectivity index (χ3n) is 3.51. The summed E-state index contributed by atoms with van der Waals surface area (Å²) in [6, 6.07) is 14.0. The molecule has 2 N–H and O–H groups in total. The minimum absolute atomic E-state index is 0.253. The van der Waals surface area contributed by atoms with E-state index in [4.69, 9.17) is 0 Å². The van der Waals surface area contributed by atoms with Gasteiger partial charge in [0, 0.05) is 22.3 Å². The fourth-order valence-corrected chi connectivity index (χ4v) is 3.92. The number of nitrogens with zero attached hydrogens (tertiary/aromatic N) is 1. The highest BCUT2D eigenvalue weighted by Crippen LogP contribution is 2.30. The zero-order valence-electron chi connectivity index (χ0n) is 14.2. The summed E-state index contributed by atoms with van der Waals surface area (Å²) in [5, 5.41) is 2.79. The molecule has 0 bridgehead atoms. The molecule has 0 radical (unpaired) electrons. The number of carbonyl (C=O) groups is 1. The van der Waals surface area contributed by atoms with Crippen molar-refractivity contribution in [3.63, 3.8) is 0 Å². The van der Waals surface area contributed by atoms with Crippen molar-refractivity contribution in [3.05, 3.63) is 64.5 Å². The quantitative estimate of drug-likeness (QED) is 0.698. The van der Waals surface area contributed by atoms with E-state index in [9.17, 15) is 13.2 Å². The number of thiophene rings is 1. The Morgan fingerprint density at radius 1 is 1.08 bits per heavy atom. The van der Waals surface area contributed by atoms with Crippen LogP contribution in [-0.4, -0.2) is 25.6 Å². The van der Waals surface area contributed by atoms with E-state index in [0.717, 1.165) is 22.4 Å². The van der Waals surface area contributed by atoms with Gasteiger partial charge in [-0.25, -0.2) is 8.42 Å². The van der Waals surface area contributed by atoms with Gasteiger partial charge in [0.25, 0.3) is 5.91 Å². The first kappa shape index (κ1) is 18.1. The van der Waals surface area contributed by atoms with Gasteiger partial charge in [0.1, 0.15) is 0 Å². The smallest absolute Gasteiger partial charge is 0.265 e. The molecule has 0 fully saturated rings. The number of hydrogen-bond donors (Lipinski definition) is 2. The van der Waals surface area contributed by atoms with Crippen LogP contribution in [0.25, 0.3) is 11.3 Å². The van der Waals surface area contributed by atoms with Crippen LogP contribution < -0.4 is 10.0 Å². The lowest BCUT2D eigenvalue weighted by Crippen LogP contribution is -2.12. The monoisotopic (exact) mass is 387 g/mol. The van der Waals surface area contributed by atoms with Gasteiger partial charge in [-0.1, -0.05) is 12.1 Å². The second-order valence-electron chi connectivity index (χ2n) is 5.70. The summed E-state index contributed by atoms with van der Waals surface area (Å²) in [7, 11) is -3.38. The van der Waals surface area contributed by atoms with Crippen LogP contribution in [0.15, 0.2) is 54.7 Å².